The maximum Gasteiger partial charge on any atom is 0.302 e. The Kier molecular flexibility index (Phi) is 4.72. The topological polar surface area (TPSA) is 87.0 Å². The van der Waals surface area contributed by atoms with Crippen LogP contribution < -0.4 is 4.74 Å². The molecule has 6 nitrogen and oxygen atoms in total. The van der Waals surface area contributed by atoms with E-state index in [0.29, 0.717) is 16.2 Å². The van der Waals surface area contributed by atoms with Crippen LogP contribution in [0.3, 0.4) is 0 Å². The van der Waals surface area contributed by atoms with Gasteiger partial charge in [-0.3, -0.25) is 4.79 Å². The first-order valence-corrected chi connectivity index (χ1v) is 7.97. The number of hydrogen-bond donors (Lipinski definition) is 2. The summed E-state index contributed by atoms with van der Waals surface area (Å²) in [6.07, 6.45) is 0. The third-order valence-corrected chi connectivity index (χ3v) is 4.15. The number of rotatable bonds is 4. The number of hydrogen-bond acceptors (Lipinski definition) is 4. The molecule has 0 unspecified atom stereocenters. The van der Waals surface area contributed by atoms with Crippen molar-refractivity contribution in [2.75, 3.05) is 6.61 Å². The summed E-state index contributed by atoms with van der Waals surface area (Å²) in [5.41, 5.74) is 3.10. The fourth-order valence-corrected chi connectivity index (χ4v) is 2.52. The number of aromatic hydroxyl groups is 1. The molecule has 7 heteroatoms. The molecule has 0 bridgehead atoms. The van der Waals surface area contributed by atoms with Crippen molar-refractivity contribution < 1.29 is 14.6 Å². The Hall–Kier alpha value is -2.86. The third kappa shape index (κ3) is 3.64. The molecular weight excluding hydrogens is 342 g/mol. The second-order valence-corrected chi connectivity index (χ2v) is 6.03. The molecule has 0 aliphatic carbocycles. The number of carbonyl (C=O) groups excluding carboxylic acids is 1. The smallest absolute Gasteiger partial charge is 0.302 e. The van der Waals surface area contributed by atoms with Gasteiger partial charge in [-0.25, -0.2) is 0 Å². The van der Waals surface area contributed by atoms with Crippen molar-refractivity contribution in [2.45, 2.75) is 13.8 Å². The van der Waals surface area contributed by atoms with Gasteiger partial charge in [0.25, 0.3) is 0 Å². The molecule has 0 fully saturated rings. The summed E-state index contributed by atoms with van der Waals surface area (Å²) in [5, 5.41) is 18.8. The third-order valence-electron chi connectivity index (χ3n) is 3.90. The highest BCUT2D eigenvalue weighted by molar-refractivity contribution is 6.30. The van der Waals surface area contributed by atoms with Gasteiger partial charge in [-0.1, -0.05) is 23.7 Å². The van der Waals surface area contributed by atoms with Crippen LogP contribution in [-0.4, -0.2) is 22.6 Å². The summed E-state index contributed by atoms with van der Waals surface area (Å²) in [7, 11) is 0. The molecule has 0 radical (unpaired) electrons. The van der Waals surface area contributed by atoms with Crippen LogP contribution in [0.4, 0.5) is 5.69 Å². The summed E-state index contributed by atoms with van der Waals surface area (Å²) in [6, 6.07) is 10.4. The molecule has 0 spiro atoms. The van der Waals surface area contributed by atoms with Crippen LogP contribution in [-0.2, 0) is 4.79 Å². The van der Waals surface area contributed by atoms with E-state index in [1.807, 2.05) is 26.0 Å². The van der Waals surface area contributed by atoms with E-state index in [0.717, 1.165) is 16.6 Å². The van der Waals surface area contributed by atoms with Crippen molar-refractivity contribution in [2.24, 2.45) is 10.2 Å². The lowest BCUT2D eigenvalue weighted by Crippen LogP contribution is -2.07. The number of benzene rings is 2. The number of halogens is 1. The summed E-state index contributed by atoms with van der Waals surface area (Å²) >= 11 is 5.78. The Balaban J connectivity index is 1.74. The second-order valence-electron chi connectivity index (χ2n) is 5.59. The molecule has 1 amide bonds. The first kappa shape index (κ1) is 17.0. The Bertz CT molecular complexity index is 962. The molecule has 0 aliphatic heterocycles. The van der Waals surface area contributed by atoms with Crippen LogP contribution in [0.15, 0.2) is 46.6 Å². The van der Waals surface area contributed by atoms with E-state index in [-0.39, 0.29) is 18.2 Å². The monoisotopic (exact) mass is 357 g/mol. The SMILES string of the molecule is Cc1ccc2c(N=NC(=O)COc3ccc(Cl)cc3)c(O)[nH]c2c1C. The number of amides is 1. The number of H-pyrrole nitrogens is 1. The van der Waals surface area contributed by atoms with Crippen LogP contribution in [0.2, 0.25) is 5.02 Å². The molecule has 2 aromatic carbocycles. The van der Waals surface area contributed by atoms with Crippen LogP contribution in [0.25, 0.3) is 10.9 Å². The number of azo groups is 1. The van der Waals surface area contributed by atoms with E-state index in [1.165, 1.54) is 0 Å². The lowest BCUT2D eigenvalue weighted by atomic mass is 10.1. The van der Waals surface area contributed by atoms with Gasteiger partial charge in [0.1, 0.15) is 5.75 Å². The van der Waals surface area contributed by atoms with Gasteiger partial charge >= 0.3 is 5.91 Å². The Morgan fingerprint density at radius 1 is 1.20 bits per heavy atom. The molecule has 128 valence electrons. The highest BCUT2D eigenvalue weighted by Crippen LogP contribution is 2.37. The summed E-state index contributed by atoms with van der Waals surface area (Å²) < 4.78 is 5.31. The zero-order valence-electron chi connectivity index (χ0n) is 13.7. The van der Waals surface area contributed by atoms with Crippen LogP contribution >= 0.6 is 11.6 Å². The first-order chi connectivity index (χ1) is 12.0. The number of aryl methyl sites for hydroxylation is 2. The molecule has 25 heavy (non-hydrogen) atoms. The minimum absolute atomic E-state index is 0.126. The molecular formula is C18H16ClN3O3. The minimum atomic E-state index is -0.562. The van der Waals surface area contributed by atoms with Gasteiger partial charge < -0.3 is 14.8 Å². The van der Waals surface area contributed by atoms with E-state index in [2.05, 4.69) is 15.2 Å². The number of aromatic nitrogens is 1. The summed E-state index contributed by atoms with van der Waals surface area (Å²) in [6.45, 7) is 3.66. The molecule has 3 aromatic rings. The van der Waals surface area contributed by atoms with Gasteiger partial charge in [0, 0.05) is 10.4 Å². The van der Waals surface area contributed by atoms with Gasteiger partial charge in [0.05, 0.1) is 5.52 Å². The molecule has 0 aliphatic rings. The standard InChI is InChI=1S/C18H16ClN3O3/c1-10-3-8-14-16(11(10)2)20-18(24)17(14)22-21-15(23)9-25-13-6-4-12(19)5-7-13/h3-8,20,24H,9H2,1-2H3. The predicted octanol–water partition coefficient (Wildman–Crippen LogP) is 4.83. The molecule has 0 saturated heterocycles. The van der Waals surface area contributed by atoms with Crippen molar-refractivity contribution in [3.63, 3.8) is 0 Å². The van der Waals surface area contributed by atoms with E-state index in [4.69, 9.17) is 16.3 Å². The zero-order valence-corrected chi connectivity index (χ0v) is 14.5. The number of ether oxygens (including phenoxy) is 1. The Morgan fingerprint density at radius 2 is 1.92 bits per heavy atom. The molecule has 0 saturated carbocycles. The van der Waals surface area contributed by atoms with Crippen LogP contribution in [0.5, 0.6) is 11.6 Å². The van der Waals surface area contributed by atoms with Gasteiger partial charge in [-0.05, 0) is 49.2 Å². The summed E-state index contributed by atoms with van der Waals surface area (Å²) in [4.78, 5) is 14.7. The van der Waals surface area contributed by atoms with Crippen molar-refractivity contribution in [3.8, 4) is 11.6 Å². The van der Waals surface area contributed by atoms with Gasteiger partial charge in [-0.15, -0.1) is 10.2 Å². The molecule has 1 aromatic heterocycles. The number of fused-ring (bicyclic) bond motifs is 1. The summed E-state index contributed by atoms with van der Waals surface area (Å²) in [5.74, 6) is -0.180. The normalized spacial score (nSPS) is 11.3. The highest BCUT2D eigenvalue weighted by atomic mass is 35.5. The van der Waals surface area contributed by atoms with E-state index in [1.54, 1.807) is 24.3 Å². The number of carbonyl (C=O) groups is 1. The Morgan fingerprint density at radius 3 is 2.64 bits per heavy atom. The largest absolute Gasteiger partial charge is 0.493 e. The fraction of sp³-hybridized carbons (Fsp3) is 0.167. The second kappa shape index (κ2) is 6.94. The van der Waals surface area contributed by atoms with Gasteiger partial charge in [-0.2, -0.15) is 0 Å². The molecule has 2 N–H and O–H groups in total. The number of nitrogens with zero attached hydrogens (tertiary/aromatic N) is 2. The molecule has 0 atom stereocenters. The number of nitrogens with one attached hydrogen (secondary N) is 1. The average molecular weight is 358 g/mol. The van der Waals surface area contributed by atoms with Crippen LogP contribution in [0.1, 0.15) is 11.1 Å². The molecule has 3 rings (SSSR count). The van der Waals surface area contributed by atoms with E-state index in [9.17, 15) is 9.90 Å². The maximum absolute atomic E-state index is 11.8. The number of aromatic amines is 1. The zero-order chi connectivity index (χ0) is 18.0. The quantitative estimate of drug-likeness (QED) is 0.655. The van der Waals surface area contributed by atoms with E-state index >= 15 is 0 Å². The fourth-order valence-electron chi connectivity index (χ4n) is 2.39. The molecule has 1 heterocycles. The van der Waals surface area contributed by atoms with Crippen LogP contribution in [0, 0.1) is 13.8 Å². The van der Waals surface area contributed by atoms with Crippen molar-refractivity contribution in [3.05, 3.63) is 52.5 Å². The average Bonchev–Trinajstić information content (AvgIpc) is 2.92. The minimum Gasteiger partial charge on any atom is -0.493 e. The van der Waals surface area contributed by atoms with E-state index < -0.39 is 5.91 Å². The van der Waals surface area contributed by atoms with Crippen molar-refractivity contribution in [1.29, 1.82) is 0 Å². The lowest BCUT2D eigenvalue weighted by Gasteiger charge is -2.02. The highest BCUT2D eigenvalue weighted by Gasteiger charge is 2.13. The maximum atomic E-state index is 11.8. The predicted molar refractivity (Wildman–Crippen MR) is 95.9 cm³/mol. The van der Waals surface area contributed by atoms with Gasteiger partial charge in [0.2, 0.25) is 5.88 Å². The van der Waals surface area contributed by atoms with Gasteiger partial charge in [0.15, 0.2) is 12.3 Å². The van der Waals surface area contributed by atoms with Crippen molar-refractivity contribution in [1.82, 2.24) is 4.98 Å². The van der Waals surface area contributed by atoms with Crippen molar-refractivity contribution >= 4 is 34.1 Å². The first-order valence-electron chi connectivity index (χ1n) is 7.59. The lowest BCUT2D eigenvalue weighted by molar-refractivity contribution is -0.120. The Labute approximate surface area is 149 Å².